The summed E-state index contributed by atoms with van der Waals surface area (Å²) in [6.07, 6.45) is 5.29. The first-order chi connectivity index (χ1) is 10.6. The van der Waals surface area contributed by atoms with E-state index in [1.807, 2.05) is 12.1 Å². The molecule has 0 spiro atoms. The Kier molecular flexibility index (Phi) is 4.46. The summed E-state index contributed by atoms with van der Waals surface area (Å²) in [6, 6.07) is 3.79. The summed E-state index contributed by atoms with van der Waals surface area (Å²) in [7, 11) is 4.81. The number of rotatable bonds is 4. The zero-order valence-electron chi connectivity index (χ0n) is 13.4. The van der Waals surface area contributed by atoms with Gasteiger partial charge in [-0.2, -0.15) is 11.8 Å². The van der Waals surface area contributed by atoms with Gasteiger partial charge in [0.25, 0.3) is 0 Å². The van der Waals surface area contributed by atoms with Crippen molar-refractivity contribution in [2.75, 3.05) is 21.3 Å². The van der Waals surface area contributed by atoms with E-state index in [1.165, 1.54) is 19.3 Å². The van der Waals surface area contributed by atoms with Crippen molar-refractivity contribution in [2.24, 2.45) is 0 Å². The van der Waals surface area contributed by atoms with Gasteiger partial charge in [0.1, 0.15) is 0 Å². The minimum absolute atomic E-state index is 0.552. The molecule has 0 saturated carbocycles. The predicted molar refractivity (Wildman–Crippen MR) is 88.2 cm³/mol. The molecular weight excluding hydrogens is 300 g/mol. The SMILES string of the molecule is COc1cc(C2(O)CC3CCCC(C2)S3)cc(OC)c1OC. The largest absolute Gasteiger partial charge is 0.493 e. The highest BCUT2D eigenvalue weighted by Crippen LogP contribution is 2.51. The molecule has 3 rings (SSSR count). The van der Waals surface area contributed by atoms with Gasteiger partial charge in [0.05, 0.1) is 26.9 Å². The lowest BCUT2D eigenvalue weighted by Crippen LogP contribution is -2.40. The number of thioether (sulfide) groups is 1. The molecule has 2 heterocycles. The summed E-state index contributed by atoms with van der Waals surface area (Å²) >= 11 is 2.05. The second-order valence-corrected chi connectivity index (χ2v) is 7.77. The predicted octanol–water partition coefficient (Wildman–Crippen LogP) is 3.35. The fourth-order valence-corrected chi connectivity index (χ4v) is 5.60. The van der Waals surface area contributed by atoms with Gasteiger partial charge in [-0.25, -0.2) is 0 Å². The lowest BCUT2D eigenvalue weighted by Gasteiger charge is -2.44. The van der Waals surface area contributed by atoms with E-state index in [4.69, 9.17) is 14.2 Å². The van der Waals surface area contributed by atoms with E-state index in [-0.39, 0.29) is 0 Å². The van der Waals surface area contributed by atoms with Crippen molar-refractivity contribution in [1.82, 2.24) is 0 Å². The lowest BCUT2D eigenvalue weighted by atomic mass is 9.80. The molecule has 122 valence electrons. The number of benzene rings is 1. The van der Waals surface area contributed by atoms with Crippen LogP contribution in [0.3, 0.4) is 0 Å². The summed E-state index contributed by atoms with van der Waals surface area (Å²) < 4.78 is 16.2. The minimum atomic E-state index is -0.798. The molecule has 2 bridgehead atoms. The first-order valence-electron chi connectivity index (χ1n) is 7.78. The van der Waals surface area contributed by atoms with Crippen LogP contribution in [0, 0.1) is 0 Å². The van der Waals surface area contributed by atoms with Crippen molar-refractivity contribution in [2.45, 2.75) is 48.2 Å². The molecule has 0 amide bonds. The molecule has 5 heteroatoms. The van der Waals surface area contributed by atoms with Crippen molar-refractivity contribution >= 4 is 11.8 Å². The van der Waals surface area contributed by atoms with Crippen LogP contribution >= 0.6 is 11.8 Å². The Morgan fingerprint density at radius 3 is 2.00 bits per heavy atom. The van der Waals surface area contributed by atoms with Crippen LogP contribution in [-0.2, 0) is 5.60 Å². The van der Waals surface area contributed by atoms with E-state index >= 15 is 0 Å². The van der Waals surface area contributed by atoms with Gasteiger partial charge in [-0.3, -0.25) is 0 Å². The monoisotopic (exact) mass is 324 g/mol. The summed E-state index contributed by atoms with van der Waals surface area (Å²) in [6.45, 7) is 0. The van der Waals surface area contributed by atoms with Crippen LogP contribution < -0.4 is 14.2 Å². The maximum Gasteiger partial charge on any atom is 0.203 e. The molecule has 2 atom stereocenters. The number of aliphatic hydroxyl groups is 1. The van der Waals surface area contributed by atoms with E-state index in [0.29, 0.717) is 27.7 Å². The smallest absolute Gasteiger partial charge is 0.203 e. The second kappa shape index (κ2) is 6.20. The van der Waals surface area contributed by atoms with Crippen LogP contribution in [0.5, 0.6) is 17.2 Å². The van der Waals surface area contributed by atoms with Crippen LogP contribution in [0.15, 0.2) is 12.1 Å². The topological polar surface area (TPSA) is 47.9 Å². The molecule has 2 fully saturated rings. The molecule has 22 heavy (non-hydrogen) atoms. The third kappa shape index (κ3) is 2.76. The van der Waals surface area contributed by atoms with Crippen LogP contribution in [0.2, 0.25) is 0 Å². The first-order valence-corrected chi connectivity index (χ1v) is 8.72. The number of fused-ring (bicyclic) bond motifs is 2. The standard InChI is InChI=1S/C17H24O4S/c1-19-14-7-11(8-15(20-2)16(14)21-3)17(18)9-12-5-4-6-13(10-17)22-12/h7-8,12-13,18H,4-6,9-10H2,1-3H3. The van der Waals surface area contributed by atoms with Crippen LogP contribution in [0.25, 0.3) is 0 Å². The highest BCUT2D eigenvalue weighted by Gasteiger charge is 2.43. The van der Waals surface area contributed by atoms with E-state index in [9.17, 15) is 5.11 Å². The van der Waals surface area contributed by atoms with Crippen molar-refractivity contribution in [3.63, 3.8) is 0 Å². The highest BCUT2D eigenvalue weighted by atomic mass is 32.2. The molecule has 1 aromatic carbocycles. The molecule has 4 nitrogen and oxygen atoms in total. The van der Waals surface area contributed by atoms with Gasteiger partial charge in [-0.1, -0.05) is 6.42 Å². The zero-order chi connectivity index (χ0) is 15.7. The fraction of sp³-hybridized carbons (Fsp3) is 0.647. The summed E-state index contributed by atoms with van der Waals surface area (Å²) in [4.78, 5) is 0. The number of hydrogen-bond donors (Lipinski definition) is 1. The Balaban J connectivity index is 1.99. The van der Waals surface area contributed by atoms with Crippen LogP contribution in [-0.4, -0.2) is 36.9 Å². The van der Waals surface area contributed by atoms with E-state index in [0.717, 1.165) is 18.4 Å². The molecule has 1 N–H and O–H groups in total. The first kappa shape index (κ1) is 15.8. The quantitative estimate of drug-likeness (QED) is 0.920. The van der Waals surface area contributed by atoms with Crippen molar-refractivity contribution in [3.8, 4) is 17.2 Å². The van der Waals surface area contributed by atoms with Gasteiger partial charge in [-0.15, -0.1) is 0 Å². The zero-order valence-corrected chi connectivity index (χ0v) is 14.2. The maximum atomic E-state index is 11.3. The van der Waals surface area contributed by atoms with Gasteiger partial charge in [0, 0.05) is 10.5 Å². The van der Waals surface area contributed by atoms with Gasteiger partial charge in [-0.05, 0) is 43.4 Å². The molecule has 2 unspecified atom stereocenters. The van der Waals surface area contributed by atoms with Crippen LogP contribution in [0.1, 0.15) is 37.7 Å². The molecule has 0 radical (unpaired) electrons. The lowest BCUT2D eigenvalue weighted by molar-refractivity contribution is 0.00771. The van der Waals surface area contributed by atoms with E-state index in [2.05, 4.69) is 11.8 Å². The van der Waals surface area contributed by atoms with Crippen molar-refractivity contribution < 1.29 is 19.3 Å². The molecule has 2 saturated heterocycles. The van der Waals surface area contributed by atoms with E-state index in [1.54, 1.807) is 21.3 Å². The van der Waals surface area contributed by atoms with Gasteiger partial charge < -0.3 is 19.3 Å². The second-order valence-electron chi connectivity index (χ2n) is 6.16. The normalized spacial score (nSPS) is 30.7. The van der Waals surface area contributed by atoms with E-state index < -0.39 is 5.60 Å². The Bertz CT molecular complexity index is 508. The van der Waals surface area contributed by atoms with Gasteiger partial charge in [0.15, 0.2) is 11.5 Å². The summed E-state index contributed by atoms with van der Waals surface area (Å²) in [5.41, 5.74) is 0.0765. The number of hydrogen-bond acceptors (Lipinski definition) is 5. The van der Waals surface area contributed by atoms with Crippen molar-refractivity contribution in [3.05, 3.63) is 17.7 Å². The molecule has 0 aliphatic carbocycles. The number of ether oxygens (including phenoxy) is 3. The maximum absolute atomic E-state index is 11.3. The third-order valence-corrected chi connectivity index (χ3v) is 6.34. The average molecular weight is 324 g/mol. The number of methoxy groups -OCH3 is 3. The average Bonchev–Trinajstić information content (AvgIpc) is 2.52. The minimum Gasteiger partial charge on any atom is -0.493 e. The Hall–Kier alpha value is -1.07. The molecule has 0 aromatic heterocycles. The van der Waals surface area contributed by atoms with Crippen molar-refractivity contribution in [1.29, 1.82) is 0 Å². The Labute approximate surface area is 136 Å². The summed E-state index contributed by atoms with van der Waals surface area (Å²) in [5, 5.41) is 12.4. The molecule has 2 aliphatic heterocycles. The van der Waals surface area contributed by atoms with Gasteiger partial charge >= 0.3 is 0 Å². The Morgan fingerprint density at radius 1 is 1.00 bits per heavy atom. The van der Waals surface area contributed by atoms with Gasteiger partial charge in [0.2, 0.25) is 5.75 Å². The molecular formula is C17H24O4S. The summed E-state index contributed by atoms with van der Waals surface area (Å²) in [5.74, 6) is 1.78. The molecule has 1 aromatic rings. The highest BCUT2D eigenvalue weighted by molar-refractivity contribution is 8.00. The third-order valence-electron chi connectivity index (χ3n) is 4.77. The van der Waals surface area contributed by atoms with Crippen LogP contribution in [0.4, 0.5) is 0 Å². The fourth-order valence-electron chi connectivity index (χ4n) is 3.70. The molecule has 2 aliphatic rings. The Morgan fingerprint density at radius 2 is 1.55 bits per heavy atom.